The van der Waals surface area contributed by atoms with Gasteiger partial charge < -0.3 is 9.47 Å². The number of nitrogens with zero attached hydrogens (tertiary/aromatic N) is 1. The second-order valence-electron chi connectivity index (χ2n) is 6.21. The normalized spacial score (nSPS) is 11.2. The zero-order chi connectivity index (χ0) is 20.5. The van der Waals surface area contributed by atoms with Crippen molar-refractivity contribution in [3.63, 3.8) is 0 Å². The Morgan fingerprint density at radius 2 is 1.39 bits per heavy atom. The molecule has 1 atom stereocenters. The maximum absolute atomic E-state index is 12.4. The van der Waals surface area contributed by atoms with Crippen molar-refractivity contribution in [3.8, 4) is 6.07 Å². The zero-order valence-electron chi connectivity index (χ0n) is 15.8. The minimum atomic E-state index is -0.558. The number of ether oxygens (including phenoxy) is 2. The lowest BCUT2D eigenvalue weighted by molar-refractivity contribution is -0.149. The van der Waals surface area contributed by atoms with Crippen LogP contribution in [0.4, 0.5) is 0 Å². The summed E-state index contributed by atoms with van der Waals surface area (Å²) in [5, 5.41) is 8.80. The molecule has 2 aromatic rings. The van der Waals surface area contributed by atoms with E-state index in [1.807, 2.05) is 13.0 Å². The summed E-state index contributed by atoms with van der Waals surface area (Å²) in [6.07, 6.45) is 0.687. The third-order valence-electron chi connectivity index (χ3n) is 4.23. The van der Waals surface area contributed by atoms with E-state index in [1.54, 1.807) is 43.3 Å². The van der Waals surface area contributed by atoms with Crippen molar-refractivity contribution in [3.05, 3.63) is 70.8 Å². The summed E-state index contributed by atoms with van der Waals surface area (Å²) < 4.78 is 10.1. The van der Waals surface area contributed by atoms with Gasteiger partial charge in [0.25, 0.3) is 0 Å². The molecule has 0 spiro atoms. The second kappa shape index (κ2) is 10.0. The van der Waals surface area contributed by atoms with E-state index >= 15 is 0 Å². The highest BCUT2D eigenvalue weighted by molar-refractivity contribution is 6.09. The van der Waals surface area contributed by atoms with Crippen LogP contribution in [0.15, 0.2) is 48.5 Å². The molecular formula is C22H21NO5. The maximum Gasteiger partial charge on any atom is 0.338 e. The number of hydrogen-bond acceptors (Lipinski definition) is 6. The van der Waals surface area contributed by atoms with E-state index in [4.69, 9.17) is 14.7 Å². The number of esters is 2. The summed E-state index contributed by atoms with van der Waals surface area (Å²) in [5.41, 5.74) is 1.65. The van der Waals surface area contributed by atoms with Gasteiger partial charge in [-0.1, -0.05) is 26.0 Å². The van der Waals surface area contributed by atoms with Crippen LogP contribution in [-0.4, -0.2) is 30.9 Å². The number of ketones is 1. The van der Waals surface area contributed by atoms with Crippen LogP contribution >= 0.6 is 0 Å². The summed E-state index contributed by atoms with van der Waals surface area (Å²) in [4.78, 5) is 36.0. The van der Waals surface area contributed by atoms with Gasteiger partial charge in [0.05, 0.1) is 23.1 Å². The van der Waals surface area contributed by atoms with E-state index in [-0.39, 0.29) is 30.9 Å². The fourth-order valence-corrected chi connectivity index (χ4v) is 2.29. The quantitative estimate of drug-likeness (QED) is 0.396. The molecule has 2 rings (SSSR count). The molecule has 0 aliphatic rings. The van der Waals surface area contributed by atoms with Crippen LogP contribution in [0, 0.1) is 17.2 Å². The van der Waals surface area contributed by atoms with Crippen LogP contribution in [0.5, 0.6) is 0 Å². The molecule has 0 N–H and O–H groups in total. The van der Waals surface area contributed by atoms with Crippen LogP contribution in [0.25, 0.3) is 0 Å². The lowest BCUT2D eigenvalue weighted by atomic mass is 10.0. The molecule has 0 saturated carbocycles. The van der Waals surface area contributed by atoms with Gasteiger partial charge in [-0.15, -0.1) is 0 Å². The Bertz CT molecular complexity index is 879. The highest BCUT2D eigenvalue weighted by Gasteiger charge is 2.14. The summed E-state index contributed by atoms with van der Waals surface area (Å²) in [6, 6.07) is 14.4. The van der Waals surface area contributed by atoms with Gasteiger partial charge in [0.2, 0.25) is 0 Å². The summed E-state index contributed by atoms with van der Waals surface area (Å²) in [6.45, 7) is 3.63. The molecule has 144 valence electrons. The van der Waals surface area contributed by atoms with Crippen LogP contribution in [0.2, 0.25) is 0 Å². The van der Waals surface area contributed by atoms with Gasteiger partial charge >= 0.3 is 11.9 Å². The summed E-state index contributed by atoms with van der Waals surface area (Å²) in [7, 11) is 0. The highest BCUT2D eigenvalue weighted by Crippen LogP contribution is 2.13. The van der Waals surface area contributed by atoms with Crippen LogP contribution in [0.3, 0.4) is 0 Å². The number of carbonyl (C=O) groups is 3. The Labute approximate surface area is 163 Å². The molecule has 0 radical (unpaired) electrons. The summed E-state index contributed by atoms with van der Waals surface area (Å²) in [5.74, 6) is -1.26. The number of carbonyl (C=O) groups excluding carboxylic acids is 3. The van der Waals surface area contributed by atoms with Gasteiger partial charge in [0.15, 0.2) is 5.78 Å². The molecule has 28 heavy (non-hydrogen) atoms. The number of nitriles is 1. The average molecular weight is 379 g/mol. The average Bonchev–Trinajstić information content (AvgIpc) is 2.75. The number of benzene rings is 2. The minimum absolute atomic E-state index is 0.00414. The molecular weight excluding hydrogens is 358 g/mol. The van der Waals surface area contributed by atoms with Crippen molar-refractivity contribution in [1.82, 2.24) is 0 Å². The number of hydrogen-bond donors (Lipinski definition) is 0. The first-order valence-electron chi connectivity index (χ1n) is 8.95. The van der Waals surface area contributed by atoms with Gasteiger partial charge in [-0.2, -0.15) is 5.26 Å². The monoisotopic (exact) mass is 379 g/mol. The predicted octanol–water partition coefficient (Wildman–Crippen LogP) is 3.54. The van der Waals surface area contributed by atoms with Gasteiger partial charge in [0, 0.05) is 11.1 Å². The minimum Gasteiger partial charge on any atom is -0.462 e. The molecule has 0 amide bonds. The molecule has 0 bridgehead atoms. The van der Waals surface area contributed by atoms with Gasteiger partial charge in [-0.3, -0.25) is 9.59 Å². The van der Waals surface area contributed by atoms with Crippen LogP contribution in [0.1, 0.15) is 52.1 Å². The van der Waals surface area contributed by atoms with Crippen LogP contribution < -0.4 is 0 Å². The Morgan fingerprint density at radius 1 is 0.893 bits per heavy atom. The fourth-order valence-electron chi connectivity index (χ4n) is 2.29. The number of rotatable bonds is 8. The van der Waals surface area contributed by atoms with Gasteiger partial charge in [-0.05, 0) is 42.8 Å². The van der Waals surface area contributed by atoms with Crippen LogP contribution in [-0.2, 0) is 14.3 Å². The van der Waals surface area contributed by atoms with Gasteiger partial charge in [0.1, 0.15) is 13.2 Å². The first kappa shape index (κ1) is 20.8. The van der Waals surface area contributed by atoms with E-state index in [1.165, 1.54) is 12.1 Å². The topological polar surface area (TPSA) is 93.5 Å². The SMILES string of the molecule is CCC(C)C(=O)OCCOC(=O)c1ccc(C(=O)c2ccc(C#N)cc2)cc1. The Hall–Kier alpha value is -3.46. The van der Waals surface area contributed by atoms with Gasteiger partial charge in [-0.25, -0.2) is 4.79 Å². The molecule has 0 aliphatic carbocycles. The molecule has 0 aromatic heterocycles. The van der Waals surface area contributed by atoms with Crippen molar-refractivity contribution >= 4 is 17.7 Å². The molecule has 6 nitrogen and oxygen atoms in total. The molecule has 2 aromatic carbocycles. The smallest absolute Gasteiger partial charge is 0.338 e. The summed E-state index contributed by atoms with van der Waals surface area (Å²) >= 11 is 0. The van der Waals surface area contributed by atoms with E-state index in [2.05, 4.69) is 0 Å². The van der Waals surface area contributed by atoms with E-state index in [9.17, 15) is 14.4 Å². The van der Waals surface area contributed by atoms with Crippen molar-refractivity contribution in [2.45, 2.75) is 20.3 Å². The van der Waals surface area contributed by atoms with Crippen molar-refractivity contribution in [1.29, 1.82) is 5.26 Å². The zero-order valence-corrected chi connectivity index (χ0v) is 15.8. The third-order valence-corrected chi connectivity index (χ3v) is 4.23. The Morgan fingerprint density at radius 3 is 1.93 bits per heavy atom. The standard InChI is InChI=1S/C22H21NO5/c1-3-15(2)21(25)27-12-13-28-22(26)19-10-8-18(9-11-19)20(24)17-6-4-16(14-23)5-7-17/h4-11,15H,3,12-13H2,1-2H3. The fraction of sp³-hybridized carbons (Fsp3) is 0.273. The second-order valence-corrected chi connectivity index (χ2v) is 6.21. The lowest BCUT2D eigenvalue weighted by Gasteiger charge is -2.09. The molecule has 1 unspecified atom stereocenters. The molecule has 0 saturated heterocycles. The molecule has 6 heteroatoms. The largest absolute Gasteiger partial charge is 0.462 e. The molecule has 0 heterocycles. The highest BCUT2D eigenvalue weighted by atomic mass is 16.6. The predicted molar refractivity (Wildman–Crippen MR) is 102 cm³/mol. The van der Waals surface area contributed by atoms with Crippen molar-refractivity contribution in [2.24, 2.45) is 5.92 Å². The molecule has 0 aliphatic heterocycles. The maximum atomic E-state index is 12.4. The van der Waals surface area contributed by atoms with E-state index < -0.39 is 5.97 Å². The Balaban J connectivity index is 1.89. The van der Waals surface area contributed by atoms with E-state index in [0.29, 0.717) is 28.7 Å². The van der Waals surface area contributed by atoms with Crippen molar-refractivity contribution in [2.75, 3.05) is 13.2 Å². The van der Waals surface area contributed by atoms with E-state index in [0.717, 1.165) is 0 Å². The first-order valence-corrected chi connectivity index (χ1v) is 8.95. The van der Waals surface area contributed by atoms with Crippen molar-refractivity contribution < 1.29 is 23.9 Å². The lowest BCUT2D eigenvalue weighted by Crippen LogP contribution is -2.18. The molecule has 0 fully saturated rings. The first-order chi connectivity index (χ1) is 13.5. The third kappa shape index (κ3) is 5.52. The Kier molecular flexibility index (Phi) is 7.46.